The molecule has 1 fully saturated rings. The van der Waals surface area contributed by atoms with E-state index < -0.39 is 0 Å². The predicted molar refractivity (Wildman–Crippen MR) is 87.9 cm³/mol. The summed E-state index contributed by atoms with van der Waals surface area (Å²) in [6.07, 6.45) is 4.22. The fourth-order valence-electron chi connectivity index (χ4n) is 2.55. The van der Waals surface area contributed by atoms with Gasteiger partial charge in [-0.25, -0.2) is 14.2 Å². The molecule has 0 atom stereocenters. The Morgan fingerprint density at radius 2 is 1.87 bits per heavy atom. The molecule has 1 aromatic heterocycles. The third kappa shape index (κ3) is 4.18. The third-order valence-electron chi connectivity index (χ3n) is 3.79. The quantitative estimate of drug-likeness (QED) is 0.911. The van der Waals surface area contributed by atoms with E-state index in [-0.39, 0.29) is 11.8 Å². The molecule has 120 valence electrons. The zero-order valence-electron chi connectivity index (χ0n) is 12.8. The van der Waals surface area contributed by atoms with Crippen LogP contribution in [0, 0.1) is 5.82 Å². The van der Waals surface area contributed by atoms with Gasteiger partial charge in [0.2, 0.25) is 0 Å². The summed E-state index contributed by atoms with van der Waals surface area (Å²) in [6, 6.07) is 9.26. The van der Waals surface area contributed by atoms with Crippen LogP contribution >= 0.6 is 0 Å². The minimum Gasteiger partial charge on any atom is -0.357 e. The fourth-order valence-corrected chi connectivity index (χ4v) is 2.55. The van der Waals surface area contributed by atoms with Crippen molar-refractivity contribution >= 4 is 17.5 Å². The van der Waals surface area contributed by atoms with Gasteiger partial charge in [-0.2, -0.15) is 0 Å². The molecule has 2 amide bonds. The molecule has 1 saturated heterocycles. The van der Waals surface area contributed by atoms with Gasteiger partial charge in [0.1, 0.15) is 11.6 Å². The second-order valence-corrected chi connectivity index (χ2v) is 5.53. The lowest BCUT2D eigenvalue weighted by molar-refractivity contribution is 0.251. The Bertz CT molecular complexity index is 651. The van der Waals surface area contributed by atoms with Crippen LogP contribution in [0.25, 0.3) is 0 Å². The molecule has 1 aromatic carbocycles. The van der Waals surface area contributed by atoms with Gasteiger partial charge >= 0.3 is 6.03 Å². The van der Waals surface area contributed by atoms with Gasteiger partial charge in [-0.3, -0.25) is 0 Å². The third-order valence-corrected chi connectivity index (χ3v) is 3.79. The van der Waals surface area contributed by atoms with Crippen molar-refractivity contribution < 1.29 is 9.18 Å². The second-order valence-electron chi connectivity index (χ2n) is 5.53. The monoisotopic (exact) mass is 314 g/mol. The summed E-state index contributed by atoms with van der Waals surface area (Å²) in [7, 11) is 0. The Morgan fingerprint density at radius 3 is 2.52 bits per heavy atom. The number of nitrogens with zero attached hydrogens (tertiary/aromatic N) is 2. The summed E-state index contributed by atoms with van der Waals surface area (Å²) in [6.45, 7) is 2.51. The number of pyridine rings is 1. The molecule has 2 N–H and O–H groups in total. The number of carbonyl (C=O) groups excluding carboxylic acids is 1. The number of halogens is 1. The van der Waals surface area contributed by atoms with Crippen molar-refractivity contribution in [1.29, 1.82) is 0 Å². The van der Waals surface area contributed by atoms with Crippen LogP contribution in [0.3, 0.4) is 0 Å². The van der Waals surface area contributed by atoms with Crippen molar-refractivity contribution in [2.45, 2.75) is 19.4 Å². The Labute approximate surface area is 134 Å². The van der Waals surface area contributed by atoms with E-state index in [9.17, 15) is 9.18 Å². The van der Waals surface area contributed by atoms with Gasteiger partial charge in [-0.05, 0) is 48.7 Å². The van der Waals surface area contributed by atoms with Crippen molar-refractivity contribution in [3.05, 3.63) is 54.0 Å². The summed E-state index contributed by atoms with van der Waals surface area (Å²) in [4.78, 5) is 18.5. The molecule has 5 nitrogen and oxygen atoms in total. The Kier molecular flexibility index (Phi) is 4.71. The molecule has 0 spiro atoms. The molecular weight excluding hydrogens is 295 g/mol. The average molecular weight is 314 g/mol. The van der Waals surface area contributed by atoms with Crippen LogP contribution in [0.15, 0.2) is 42.6 Å². The number of nitrogens with one attached hydrogen (secondary N) is 2. The first kappa shape index (κ1) is 15.3. The second kappa shape index (κ2) is 7.09. The highest BCUT2D eigenvalue weighted by Gasteiger charge is 2.13. The first-order valence-electron chi connectivity index (χ1n) is 7.71. The molecule has 1 aliphatic heterocycles. The molecule has 0 bridgehead atoms. The van der Waals surface area contributed by atoms with Gasteiger partial charge in [0, 0.05) is 31.5 Å². The molecule has 2 aromatic rings. The van der Waals surface area contributed by atoms with Crippen LogP contribution in [-0.2, 0) is 6.54 Å². The minimum atomic E-state index is -0.333. The van der Waals surface area contributed by atoms with E-state index in [1.165, 1.54) is 37.1 Å². The summed E-state index contributed by atoms with van der Waals surface area (Å²) in [5.74, 6) is 0.655. The summed E-state index contributed by atoms with van der Waals surface area (Å²) < 4.78 is 12.8. The van der Waals surface area contributed by atoms with E-state index in [4.69, 9.17) is 0 Å². The topological polar surface area (TPSA) is 57.3 Å². The first-order chi connectivity index (χ1) is 11.2. The fraction of sp³-hybridized carbons (Fsp3) is 0.294. The van der Waals surface area contributed by atoms with Crippen LogP contribution in [0.1, 0.15) is 18.4 Å². The van der Waals surface area contributed by atoms with Crippen LogP contribution < -0.4 is 15.5 Å². The molecule has 0 radical (unpaired) electrons. The normalized spacial score (nSPS) is 13.9. The van der Waals surface area contributed by atoms with E-state index in [0.29, 0.717) is 12.2 Å². The summed E-state index contributed by atoms with van der Waals surface area (Å²) in [5.41, 5.74) is 1.48. The Morgan fingerprint density at radius 1 is 1.13 bits per heavy atom. The lowest BCUT2D eigenvalue weighted by Crippen LogP contribution is -2.28. The zero-order valence-corrected chi connectivity index (χ0v) is 12.8. The number of amides is 2. The highest BCUT2D eigenvalue weighted by molar-refractivity contribution is 5.89. The van der Waals surface area contributed by atoms with Gasteiger partial charge in [-0.15, -0.1) is 0 Å². The van der Waals surface area contributed by atoms with Crippen LogP contribution in [0.5, 0.6) is 0 Å². The molecule has 1 aliphatic rings. The first-order valence-corrected chi connectivity index (χ1v) is 7.71. The van der Waals surface area contributed by atoms with Gasteiger partial charge in [-0.1, -0.05) is 6.07 Å². The van der Waals surface area contributed by atoms with E-state index in [1.54, 1.807) is 6.20 Å². The number of benzene rings is 1. The lowest BCUT2D eigenvalue weighted by Gasteiger charge is -2.16. The molecule has 3 rings (SSSR count). The van der Waals surface area contributed by atoms with E-state index in [2.05, 4.69) is 20.5 Å². The number of anilines is 2. The van der Waals surface area contributed by atoms with Crippen LogP contribution in [0.2, 0.25) is 0 Å². The molecule has 2 heterocycles. The standard InChI is InChI=1S/C17H19FN4O/c18-14-4-6-15(7-5-14)21-17(23)20-12-13-3-8-16(19-11-13)22-9-1-2-10-22/h3-8,11H,1-2,9-10,12H2,(H2,20,21,23). The molecule has 6 heteroatoms. The van der Waals surface area contributed by atoms with Crippen molar-refractivity contribution in [1.82, 2.24) is 10.3 Å². The molecule has 23 heavy (non-hydrogen) atoms. The highest BCUT2D eigenvalue weighted by Crippen LogP contribution is 2.17. The molecule has 0 saturated carbocycles. The van der Waals surface area contributed by atoms with E-state index >= 15 is 0 Å². The Hall–Kier alpha value is -2.63. The zero-order chi connectivity index (χ0) is 16.1. The number of hydrogen-bond donors (Lipinski definition) is 2. The van der Waals surface area contributed by atoms with Crippen LogP contribution in [-0.4, -0.2) is 24.1 Å². The number of aromatic nitrogens is 1. The summed E-state index contributed by atoms with van der Waals surface area (Å²) in [5, 5.41) is 5.40. The van der Waals surface area contributed by atoms with Gasteiger partial charge in [0.15, 0.2) is 0 Å². The molecular formula is C17H19FN4O. The number of rotatable bonds is 4. The SMILES string of the molecule is O=C(NCc1ccc(N2CCCC2)nc1)Nc1ccc(F)cc1. The van der Waals surface area contributed by atoms with Gasteiger partial charge in [0.25, 0.3) is 0 Å². The number of hydrogen-bond acceptors (Lipinski definition) is 3. The minimum absolute atomic E-state index is 0.333. The van der Waals surface area contributed by atoms with Crippen LogP contribution in [0.4, 0.5) is 20.7 Å². The van der Waals surface area contributed by atoms with Gasteiger partial charge < -0.3 is 15.5 Å². The Balaban J connectivity index is 1.49. The smallest absolute Gasteiger partial charge is 0.319 e. The van der Waals surface area contributed by atoms with Gasteiger partial charge in [0.05, 0.1) is 0 Å². The average Bonchev–Trinajstić information content (AvgIpc) is 3.10. The van der Waals surface area contributed by atoms with E-state index in [1.807, 2.05) is 12.1 Å². The van der Waals surface area contributed by atoms with Crippen molar-refractivity contribution in [3.8, 4) is 0 Å². The molecule has 0 unspecified atom stereocenters. The number of carbonyl (C=O) groups is 1. The molecule has 0 aliphatic carbocycles. The number of urea groups is 1. The maximum Gasteiger partial charge on any atom is 0.319 e. The highest BCUT2D eigenvalue weighted by atomic mass is 19.1. The maximum absolute atomic E-state index is 12.8. The van der Waals surface area contributed by atoms with Crippen molar-refractivity contribution in [3.63, 3.8) is 0 Å². The predicted octanol–water partition coefficient (Wildman–Crippen LogP) is 3.14. The maximum atomic E-state index is 12.8. The van der Waals surface area contributed by atoms with Crippen molar-refractivity contribution in [2.75, 3.05) is 23.3 Å². The summed E-state index contributed by atoms with van der Waals surface area (Å²) >= 11 is 0. The van der Waals surface area contributed by atoms with E-state index in [0.717, 1.165) is 24.5 Å². The lowest BCUT2D eigenvalue weighted by atomic mass is 10.3. The van der Waals surface area contributed by atoms with Crippen molar-refractivity contribution in [2.24, 2.45) is 0 Å². The largest absolute Gasteiger partial charge is 0.357 e.